The van der Waals surface area contributed by atoms with Crippen molar-refractivity contribution in [1.82, 2.24) is 0 Å². The van der Waals surface area contributed by atoms with Gasteiger partial charge < -0.3 is 0 Å². The summed E-state index contributed by atoms with van der Waals surface area (Å²) >= 11 is 7.21. The van der Waals surface area contributed by atoms with Gasteiger partial charge >= 0.3 is 0 Å². The molecule has 0 spiro atoms. The highest BCUT2D eigenvalue weighted by Crippen LogP contribution is 2.49. The summed E-state index contributed by atoms with van der Waals surface area (Å²) in [5.74, 6) is 2.84. The van der Waals surface area contributed by atoms with Crippen LogP contribution in [0.2, 0.25) is 0 Å². The average Bonchev–Trinajstić information content (AvgIpc) is 2.71. The molecule has 1 aromatic carbocycles. The van der Waals surface area contributed by atoms with Crippen LogP contribution in [0.1, 0.15) is 50.0 Å². The number of hydrogen-bond donors (Lipinski definition) is 0. The fraction of sp³-hybridized carbons (Fsp3) is 0.600. The molecule has 0 saturated heterocycles. The zero-order valence-corrected chi connectivity index (χ0v) is 13.1. The van der Waals surface area contributed by atoms with Crippen molar-refractivity contribution in [3.05, 3.63) is 32.7 Å². The normalized spacial score (nSPS) is 32.5. The fourth-order valence-corrected chi connectivity index (χ4v) is 5.14. The summed E-state index contributed by atoms with van der Waals surface area (Å²) in [5.41, 5.74) is 1.53. The van der Waals surface area contributed by atoms with E-state index in [4.69, 9.17) is 0 Å². The quantitative estimate of drug-likeness (QED) is 0.587. The first kappa shape index (κ1) is 12.2. The van der Waals surface area contributed by atoms with Gasteiger partial charge in [-0.2, -0.15) is 0 Å². The van der Waals surface area contributed by atoms with Crippen molar-refractivity contribution in [2.24, 2.45) is 11.8 Å². The molecular formula is C15H18Br2. The maximum Gasteiger partial charge on any atom is 0.0189 e. The first-order valence-corrected chi connectivity index (χ1v) is 8.27. The Morgan fingerprint density at radius 2 is 1.35 bits per heavy atom. The van der Waals surface area contributed by atoms with Gasteiger partial charge in [0.15, 0.2) is 0 Å². The van der Waals surface area contributed by atoms with Crippen LogP contribution in [-0.2, 0) is 0 Å². The van der Waals surface area contributed by atoms with E-state index in [0.29, 0.717) is 0 Å². The van der Waals surface area contributed by atoms with E-state index in [0.717, 1.165) is 17.8 Å². The topological polar surface area (TPSA) is 0 Å². The molecule has 2 unspecified atom stereocenters. The van der Waals surface area contributed by atoms with Gasteiger partial charge in [0.25, 0.3) is 0 Å². The summed E-state index contributed by atoms with van der Waals surface area (Å²) in [4.78, 5) is 0. The smallest absolute Gasteiger partial charge is 0.0189 e. The Labute approximate surface area is 120 Å². The van der Waals surface area contributed by atoms with E-state index in [1.165, 1.54) is 53.0 Å². The highest BCUT2D eigenvalue weighted by atomic mass is 79.9. The Bertz CT molecular complexity index is 379. The largest absolute Gasteiger partial charge is 0.0530 e. The van der Waals surface area contributed by atoms with Gasteiger partial charge in [-0.1, -0.05) is 57.5 Å². The van der Waals surface area contributed by atoms with E-state index in [1.54, 1.807) is 0 Å². The molecule has 2 saturated carbocycles. The summed E-state index contributed by atoms with van der Waals surface area (Å²) in [6.07, 6.45) is 8.75. The van der Waals surface area contributed by atoms with Crippen LogP contribution in [-0.4, -0.2) is 0 Å². The van der Waals surface area contributed by atoms with Gasteiger partial charge in [0.05, 0.1) is 0 Å². The van der Waals surface area contributed by atoms with Gasteiger partial charge in [0, 0.05) is 8.95 Å². The Kier molecular flexibility index (Phi) is 3.63. The fourth-order valence-electron chi connectivity index (χ4n) is 3.82. The molecule has 17 heavy (non-hydrogen) atoms. The van der Waals surface area contributed by atoms with Crippen molar-refractivity contribution in [3.8, 4) is 0 Å². The first-order chi connectivity index (χ1) is 8.22. The lowest BCUT2D eigenvalue weighted by Gasteiger charge is -2.24. The van der Waals surface area contributed by atoms with Gasteiger partial charge in [0.1, 0.15) is 0 Å². The molecule has 0 aliphatic heterocycles. The standard InChI is InChI=1S/C15H18Br2/c16-14-7-13(8-15(17)9-14)12-5-10-3-1-2-4-11(10)6-12/h7-12H,1-6H2. The Balaban J connectivity index is 1.81. The molecule has 2 fully saturated rings. The molecular weight excluding hydrogens is 340 g/mol. The van der Waals surface area contributed by atoms with Crippen LogP contribution in [0, 0.1) is 11.8 Å². The molecule has 0 aromatic heterocycles. The van der Waals surface area contributed by atoms with Gasteiger partial charge in [-0.15, -0.1) is 0 Å². The first-order valence-electron chi connectivity index (χ1n) is 6.68. The lowest BCUT2D eigenvalue weighted by atomic mass is 9.82. The van der Waals surface area contributed by atoms with Crippen LogP contribution in [0.5, 0.6) is 0 Å². The monoisotopic (exact) mass is 356 g/mol. The van der Waals surface area contributed by atoms with Crippen LogP contribution >= 0.6 is 31.9 Å². The third-order valence-corrected chi connectivity index (χ3v) is 5.51. The van der Waals surface area contributed by atoms with Crippen LogP contribution in [0.3, 0.4) is 0 Å². The van der Waals surface area contributed by atoms with E-state index in [9.17, 15) is 0 Å². The van der Waals surface area contributed by atoms with E-state index >= 15 is 0 Å². The highest BCUT2D eigenvalue weighted by molar-refractivity contribution is 9.11. The molecule has 2 heteroatoms. The van der Waals surface area contributed by atoms with Gasteiger partial charge in [-0.05, 0) is 54.4 Å². The van der Waals surface area contributed by atoms with E-state index in [-0.39, 0.29) is 0 Å². The van der Waals surface area contributed by atoms with Crippen molar-refractivity contribution in [3.63, 3.8) is 0 Å². The lowest BCUT2D eigenvalue weighted by Crippen LogP contribution is -2.12. The zero-order chi connectivity index (χ0) is 11.8. The number of rotatable bonds is 1. The van der Waals surface area contributed by atoms with E-state index in [1.807, 2.05) is 0 Å². The van der Waals surface area contributed by atoms with E-state index in [2.05, 4.69) is 50.1 Å². The maximum absolute atomic E-state index is 3.61. The average molecular weight is 358 g/mol. The van der Waals surface area contributed by atoms with Crippen LogP contribution in [0.25, 0.3) is 0 Å². The zero-order valence-electron chi connectivity index (χ0n) is 9.96. The summed E-state index contributed by atoms with van der Waals surface area (Å²) in [6, 6.07) is 6.75. The second kappa shape index (κ2) is 5.05. The molecule has 0 nitrogen and oxygen atoms in total. The number of fused-ring (bicyclic) bond motifs is 1. The molecule has 0 N–H and O–H groups in total. The van der Waals surface area contributed by atoms with Crippen molar-refractivity contribution >= 4 is 31.9 Å². The van der Waals surface area contributed by atoms with Gasteiger partial charge in [0.2, 0.25) is 0 Å². The van der Waals surface area contributed by atoms with Gasteiger partial charge in [-0.25, -0.2) is 0 Å². The van der Waals surface area contributed by atoms with Crippen LogP contribution in [0.4, 0.5) is 0 Å². The molecule has 2 aliphatic rings. The molecule has 3 rings (SSSR count). The molecule has 0 heterocycles. The maximum atomic E-state index is 3.61. The predicted molar refractivity (Wildman–Crippen MR) is 79.3 cm³/mol. The Hall–Kier alpha value is 0.180. The van der Waals surface area contributed by atoms with Gasteiger partial charge in [-0.3, -0.25) is 0 Å². The second-order valence-electron chi connectivity index (χ2n) is 5.68. The predicted octanol–water partition coefficient (Wildman–Crippen LogP) is 5.90. The molecule has 0 radical (unpaired) electrons. The second-order valence-corrected chi connectivity index (χ2v) is 7.51. The lowest BCUT2D eigenvalue weighted by molar-refractivity contribution is 0.277. The molecule has 1 aromatic rings. The van der Waals surface area contributed by atoms with Crippen molar-refractivity contribution in [2.45, 2.75) is 44.4 Å². The summed E-state index contributed by atoms with van der Waals surface area (Å²) in [5, 5.41) is 0. The SMILES string of the molecule is Brc1cc(Br)cc(C2CC3CCCCC3C2)c1. The highest BCUT2D eigenvalue weighted by Gasteiger charge is 2.36. The third kappa shape index (κ3) is 2.63. The summed E-state index contributed by atoms with van der Waals surface area (Å²) < 4.78 is 2.41. The van der Waals surface area contributed by atoms with Crippen LogP contribution < -0.4 is 0 Å². The molecule has 2 atom stereocenters. The van der Waals surface area contributed by atoms with E-state index < -0.39 is 0 Å². The third-order valence-electron chi connectivity index (χ3n) is 4.60. The number of halogens is 2. The number of benzene rings is 1. The van der Waals surface area contributed by atoms with Crippen molar-refractivity contribution in [1.29, 1.82) is 0 Å². The Morgan fingerprint density at radius 3 is 1.88 bits per heavy atom. The summed E-state index contributed by atoms with van der Waals surface area (Å²) in [6.45, 7) is 0. The molecule has 2 aliphatic carbocycles. The van der Waals surface area contributed by atoms with Crippen molar-refractivity contribution in [2.75, 3.05) is 0 Å². The van der Waals surface area contributed by atoms with Crippen molar-refractivity contribution < 1.29 is 0 Å². The number of hydrogen-bond acceptors (Lipinski definition) is 0. The minimum Gasteiger partial charge on any atom is -0.0530 e. The molecule has 0 amide bonds. The van der Waals surface area contributed by atoms with Crippen LogP contribution in [0.15, 0.2) is 27.1 Å². The molecule has 0 bridgehead atoms. The molecule has 92 valence electrons. The minimum atomic E-state index is 0.803. The minimum absolute atomic E-state index is 0.803. The summed E-state index contributed by atoms with van der Waals surface area (Å²) in [7, 11) is 0. The Morgan fingerprint density at radius 1 is 0.824 bits per heavy atom.